The van der Waals surface area contributed by atoms with Crippen molar-refractivity contribution in [3.8, 4) is 0 Å². The quantitative estimate of drug-likeness (QED) is 0.937. The van der Waals surface area contributed by atoms with Gasteiger partial charge in [-0.25, -0.2) is 0 Å². The fourth-order valence-electron chi connectivity index (χ4n) is 3.86. The molecule has 0 atom stereocenters. The zero-order valence-corrected chi connectivity index (χ0v) is 13.9. The molecule has 0 bridgehead atoms. The Bertz CT molecular complexity index is 686. The molecule has 1 saturated carbocycles. The van der Waals surface area contributed by atoms with Crippen LogP contribution in [0.2, 0.25) is 0 Å². The number of carbonyl (C=O) groups excluding carboxylic acids is 1. The minimum Gasteiger partial charge on any atom is -0.459 e. The Hall–Kier alpha value is -2.08. The number of fused-ring (bicyclic) bond motifs is 1. The minimum absolute atomic E-state index is 0.199. The maximum Gasteiger partial charge on any atom is 0.287 e. The number of amides is 1. The van der Waals surface area contributed by atoms with Gasteiger partial charge in [-0.05, 0) is 31.0 Å². The van der Waals surface area contributed by atoms with Gasteiger partial charge in [0, 0.05) is 19.1 Å². The second-order valence-corrected chi connectivity index (χ2v) is 6.77. The van der Waals surface area contributed by atoms with E-state index < -0.39 is 0 Å². The number of nitrogens with zero attached hydrogens (tertiary/aromatic N) is 3. The van der Waals surface area contributed by atoms with Crippen LogP contribution in [0.5, 0.6) is 0 Å². The molecule has 2 aromatic rings. The molecule has 1 amide bonds. The van der Waals surface area contributed by atoms with Crippen LogP contribution in [0.25, 0.3) is 0 Å². The average molecular weight is 328 g/mol. The van der Waals surface area contributed by atoms with E-state index in [1.807, 2.05) is 0 Å². The van der Waals surface area contributed by atoms with E-state index in [4.69, 9.17) is 4.42 Å². The first-order chi connectivity index (χ1) is 11.8. The molecule has 0 unspecified atom stereocenters. The lowest BCUT2D eigenvalue weighted by Gasteiger charge is -2.36. The van der Waals surface area contributed by atoms with Crippen LogP contribution < -0.4 is 5.32 Å². The van der Waals surface area contributed by atoms with Crippen LogP contribution in [-0.4, -0.2) is 33.2 Å². The lowest BCUT2D eigenvalue weighted by atomic mass is 9.94. The third-order valence-electron chi connectivity index (χ3n) is 5.14. The summed E-state index contributed by atoms with van der Waals surface area (Å²) in [6.45, 7) is 3.43. The molecule has 0 radical (unpaired) electrons. The molecule has 0 saturated heterocycles. The Kier molecular flexibility index (Phi) is 4.38. The lowest BCUT2D eigenvalue weighted by Crippen LogP contribution is -2.42. The van der Waals surface area contributed by atoms with Crippen LogP contribution in [0.1, 0.15) is 54.0 Å². The molecule has 0 aromatic carbocycles. The van der Waals surface area contributed by atoms with Crippen molar-refractivity contribution in [2.75, 3.05) is 6.54 Å². The summed E-state index contributed by atoms with van der Waals surface area (Å²) in [5, 5.41) is 7.49. The van der Waals surface area contributed by atoms with Gasteiger partial charge < -0.3 is 9.73 Å². The number of nitrogens with one attached hydrogen (secondary N) is 1. The summed E-state index contributed by atoms with van der Waals surface area (Å²) in [5.74, 6) is 0.136. The van der Waals surface area contributed by atoms with Gasteiger partial charge in [0.2, 0.25) is 0 Å². The summed E-state index contributed by atoms with van der Waals surface area (Å²) in [7, 11) is 0. The molecule has 0 spiro atoms. The van der Waals surface area contributed by atoms with E-state index in [1.165, 1.54) is 44.1 Å². The summed E-state index contributed by atoms with van der Waals surface area (Å²) in [5.41, 5.74) is 2.17. The van der Waals surface area contributed by atoms with Gasteiger partial charge in [0.1, 0.15) is 0 Å². The number of rotatable bonds is 4. The van der Waals surface area contributed by atoms with Gasteiger partial charge in [0.25, 0.3) is 5.91 Å². The Morgan fingerprint density at radius 3 is 2.96 bits per heavy atom. The monoisotopic (exact) mass is 328 g/mol. The Labute approximate surface area is 141 Å². The lowest BCUT2D eigenvalue weighted by molar-refractivity contribution is 0.0922. The molecule has 1 fully saturated rings. The van der Waals surface area contributed by atoms with Crippen molar-refractivity contribution < 1.29 is 9.21 Å². The van der Waals surface area contributed by atoms with Crippen molar-refractivity contribution in [2.24, 2.45) is 0 Å². The van der Waals surface area contributed by atoms with Crippen LogP contribution >= 0.6 is 0 Å². The van der Waals surface area contributed by atoms with Gasteiger partial charge in [-0.15, -0.1) is 0 Å². The minimum atomic E-state index is -0.199. The fraction of sp³-hybridized carbons (Fsp3) is 0.556. The summed E-state index contributed by atoms with van der Waals surface area (Å²) in [6, 6.07) is 6.24. The third kappa shape index (κ3) is 3.24. The van der Waals surface area contributed by atoms with Crippen molar-refractivity contribution >= 4 is 5.91 Å². The molecule has 3 heterocycles. The standard InChI is InChI=1S/C18H24N4O2/c23-18(17-7-4-10-24-17)19-12-14-11-16-13-21(8-9-22(16)20-14)15-5-2-1-3-6-15/h4,7,10-11,15H,1-3,5-6,8-9,12-13H2,(H,19,23). The van der Waals surface area contributed by atoms with Crippen molar-refractivity contribution in [2.45, 2.75) is 57.8 Å². The number of carbonyl (C=O) groups is 1. The third-order valence-corrected chi connectivity index (χ3v) is 5.14. The average Bonchev–Trinajstić information content (AvgIpc) is 3.29. The molecule has 128 valence electrons. The number of hydrogen-bond donors (Lipinski definition) is 1. The van der Waals surface area contributed by atoms with E-state index in [1.54, 1.807) is 12.1 Å². The molecule has 6 heteroatoms. The zero-order valence-electron chi connectivity index (χ0n) is 13.9. The molecule has 2 aromatic heterocycles. The molecule has 1 N–H and O–H groups in total. The topological polar surface area (TPSA) is 63.3 Å². The number of furan rings is 1. The second-order valence-electron chi connectivity index (χ2n) is 6.77. The second kappa shape index (κ2) is 6.81. The van der Waals surface area contributed by atoms with Crippen molar-refractivity contribution in [1.29, 1.82) is 0 Å². The predicted molar refractivity (Wildman–Crippen MR) is 89.4 cm³/mol. The number of aromatic nitrogens is 2. The van der Waals surface area contributed by atoms with E-state index in [9.17, 15) is 4.79 Å². The largest absolute Gasteiger partial charge is 0.459 e. The smallest absolute Gasteiger partial charge is 0.287 e. The maximum absolute atomic E-state index is 11.9. The molecular formula is C18H24N4O2. The van der Waals surface area contributed by atoms with Crippen molar-refractivity contribution in [1.82, 2.24) is 20.0 Å². The van der Waals surface area contributed by atoms with E-state index >= 15 is 0 Å². The highest BCUT2D eigenvalue weighted by atomic mass is 16.3. The first-order valence-corrected chi connectivity index (χ1v) is 8.91. The van der Waals surface area contributed by atoms with Crippen LogP contribution in [0.3, 0.4) is 0 Å². The normalized spacial score (nSPS) is 19.2. The van der Waals surface area contributed by atoms with Gasteiger partial charge in [-0.1, -0.05) is 19.3 Å². The van der Waals surface area contributed by atoms with Gasteiger partial charge in [0.15, 0.2) is 5.76 Å². The van der Waals surface area contributed by atoms with E-state index in [0.29, 0.717) is 12.3 Å². The van der Waals surface area contributed by atoms with E-state index in [2.05, 4.69) is 26.1 Å². The molecule has 4 rings (SSSR count). The van der Waals surface area contributed by atoms with E-state index in [0.717, 1.165) is 31.4 Å². The highest BCUT2D eigenvalue weighted by Crippen LogP contribution is 2.26. The molecule has 6 nitrogen and oxygen atoms in total. The summed E-state index contributed by atoms with van der Waals surface area (Å²) in [6.07, 6.45) is 8.29. The van der Waals surface area contributed by atoms with Crippen LogP contribution in [0.4, 0.5) is 0 Å². The van der Waals surface area contributed by atoms with Gasteiger partial charge >= 0.3 is 0 Å². The first kappa shape index (κ1) is 15.4. The molecule has 1 aliphatic carbocycles. The number of hydrogen-bond acceptors (Lipinski definition) is 4. The highest BCUT2D eigenvalue weighted by Gasteiger charge is 2.26. The van der Waals surface area contributed by atoms with Gasteiger partial charge in [-0.3, -0.25) is 14.4 Å². The van der Waals surface area contributed by atoms with Crippen LogP contribution in [-0.2, 0) is 19.6 Å². The van der Waals surface area contributed by atoms with Crippen LogP contribution in [0, 0.1) is 0 Å². The first-order valence-electron chi connectivity index (χ1n) is 8.91. The summed E-state index contributed by atoms with van der Waals surface area (Å²) < 4.78 is 7.19. The van der Waals surface area contributed by atoms with Crippen molar-refractivity contribution in [3.05, 3.63) is 41.6 Å². The molecule has 24 heavy (non-hydrogen) atoms. The Morgan fingerprint density at radius 2 is 2.17 bits per heavy atom. The summed E-state index contributed by atoms with van der Waals surface area (Å²) in [4.78, 5) is 14.5. The summed E-state index contributed by atoms with van der Waals surface area (Å²) >= 11 is 0. The molecule has 2 aliphatic rings. The zero-order chi connectivity index (χ0) is 16.4. The van der Waals surface area contributed by atoms with Gasteiger partial charge in [0.05, 0.1) is 30.7 Å². The van der Waals surface area contributed by atoms with Crippen molar-refractivity contribution in [3.63, 3.8) is 0 Å². The predicted octanol–water partition coefficient (Wildman–Crippen LogP) is 2.55. The highest BCUT2D eigenvalue weighted by molar-refractivity contribution is 5.91. The Balaban J connectivity index is 1.36. The fourth-order valence-corrected chi connectivity index (χ4v) is 3.86. The molecular weight excluding hydrogens is 304 g/mol. The molecule has 1 aliphatic heterocycles. The maximum atomic E-state index is 11.9. The van der Waals surface area contributed by atoms with E-state index in [-0.39, 0.29) is 5.91 Å². The SMILES string of the molecule is O=C(NCc1cc2n(n1)CCN(C1CCCCC1)C2)c1ccco1. The Morgan fingerprint density at radius 1 is 1.29 bits per heavy atom. The van der Waals surface area contributed by atoms with Gasteiger partial charge in [-0.2, -0.15) is 5.10 Å². The van der Waals surface area contributed by atoms with Crippen LogP contribution in [0.15, 0.2) is 28.9 Å².